The van der Waals surface area contributed by atoms with E-state index in [2.05, 4.69) is 14.7 Å². The second-order valence-corrected chi connectivity index (χ2v) is 8.99. The van der Waals surface area contributed by atoms with E-state index in [1.54, 1.807) is 11.8 Å². The number of benzene rings is 2. The average molecular weight is 388 g/mol. The van der Waals surface area contributed by atoms with Gasteiger partial charge in [-0.25, -0.2) is 18.1 Å². The lowest BCUT2D eigenvalue weighted by Crippen LogP contribution is -2.24. The summed E-state index contributed by atoms with van der Waals surface area (Å²) < 4.78 is 27.7. The molecule has 26 heavy (non-hydrogen) atoms. The maximum atomic E-state index is 12.5. The van der Waals surface area contributed by atoms with E-state index in [1.165, 1.54) is 6.20 Å². The molecule has 0 aliphatic carbocycles. The molecule has 0 aliphatic rings. The van der Waals surface area contributed by atoms with Gasteiger partial charge in [0, 0.05) is 22.3 Å². The highest BCUT2D eigenvalue weighted by molar-refractivity contribution is 7.99. The summed E-state index contributed by atoms with van der Waals surface area (Å²) in [5.41, 5.74) is 0.925. The predicted molar refractivity (Wildman–Crippen MR) is 104 cm³/mol. The number of aromatic nitrogens is 2. The normalized spacial score (nSPS) is 11.8. The van der Waals surface area contributed by atoms with Crippen molar-refractivity contribution >= 4 is 21.8 Å². The lowest BCUT2D eigenvalue weighted by atomic mass is 10.2. The van der Waals surface area contributed by atoms with Crippen LogP contribution >= 0.6 is 11.8 Å². The molecule has 2 aromatic carbocycles. The molecule has 1 aromatic heterocycles. The van der Waals surface area contributed by atoms with Crippen LogP contribution in [0.5, 0.6) is 0 Å². The second kappa shape index (κ2) is 8.07. The molecule has 3 aromatic rings. The standard InChI is InChI=1S/C19H21N3O2S2/c1-14(2)19-20-13-18(22-19)26(23,24)21-12-15-8-6-7-11-17(15)25-16-9-4-3-5-10-16/h3-11,13-14,21H,12H2,1-2H3,(H,20,22). The number of nitrogens with zero attached hydrogens (tertiary/aromatic N) is 1. The van der Waals surface area contributed by atoms with Gasteiger partial charge in [0.15, 0.2) is 5.03 Å². The molecule has 0 unspecified atom stereocenters. The van der Waals surface area contributed by atoms with Gasteiger partial charge in [0.05, 0.1) is 6.20 Å². The molecule has 2 N–H and O–H groups in total. The molecule has 0 radical (unpaired) electrons. The van der Waals surface area contributed by atoms with Crippen molar-refractivity contribution in [1.82, 2.24) is 14.7 Å². The molecule has 136 valence electrons. The van der Waals surface area contributed by atoms with Gasteiger partial charge in [-0.1, -0.05) is 62.0 Å². The van der Waals surface area contributed by atoms with Crippen LogP contribution in [0, 0.1) is 0 Å². The van der Waals surface area contributed by atoms with Gasteiger partial charge in [0.25, 0.3) is 10.0 Å². The minimum Gasteiger partial charge on any atom is -0.332 e. The first-order valence-electron chi connectivity index (χ1n) is 8.31. The molecule has 0 spiro atoms. The fraction of sp³-hybridized carbons (Fsp3) is 0.211. The largest absolute Gasteiger partial charge is 0.332 e. The van der Waals surface area contributed by atoms with Crippen molar-refractivity contribution in [1.29, 1.82) is 0 Å². The Morgan fingerprint density at radius 1 is 1.08 bits per heavy atom. The third-order valence-electron chi connectivity index (χ3n) is 3.80. The number of H-pyrrole nitrogens is 1. The van der Waals surface area contributed by atoms with Gasteiger partial charge < -0.3 is 4.98 Å². The zero-order chi connectivity index (χ0) is 18.6. The Labute approximate surface area is 158 Å². The smallest absolute Gasteiger partial charge is 0.257 e. The number of sulfonamides is 1. The van der Waals surface area contributed by atoms with Gasteiger partial charge in [-0.05, 0) is 23.8 Å². The van der Waals surface area contributed by atoms with Crippen LogP contribution in [-0.2, 0) is 16.6 Å². The average Bonchev–Trinajstić information content (AvgIpc) is 3.13. The molecular formula is C19H21N3O2S2. The number of rotatable bonds is 7. The molecule has 0 bridgehead atoms. The fourth-order valence-electron chi connectivity index (χ4n) is 2.36. The van der Waals surface area contributed by atoms with Crippen LogP contribution in [0.1, 0.15) is 31.2 Å². The lowest BCUT2D eigenvalue weighted by Gasteiger charge is -2.10. The summed E-state index contributed by atoms with van der Waals surface area (Å²) in [4.78, 5) is 9.14. The van der Waals surface area contributed by atoms with Gasteiger partial charge >= 0.3 is 0 Å². The van der Waals surface area contributed by atoms with E-state index in [1.807, 2.05) is 68.4 Å². The number of hydrogen-bond acceptors (Lipinski definition) is 4. The summed E-state index contributed by atoms with van der Waals surface area (Å²) in [6, 6.07) is 17.8. The maximum Gasteiger partial charge on any atom is 0.257 e. The number of hydrogen-bond donors (Lipinski definition) is 2. The van der Waals surface area contributed by atoms with Crippen molar-refractivity contribution in [3.05, 3.63) is 72.2 Å². The molecule has 1 heterocycles. The first-order chi connectivity index (χ1) is 12.5. The van der Waals surface area contributed by atoms with Crippen molar-refractivity contribution in [3.8, 4) is 0 Å². The molecule has 3 rings (SSSR count). The maximum absolute atomic E-state index is 12.5. The zero-order valence-corrected chi connectivity index (χ0v) is 16.3. The highest BCUT2D eigenvalue weighted by atomic mass is 32.2. The summed E-state index contributed by atoms with van der Waals surface area (Å²) in [6.07, 6.45) is 1.36. The Morgan fingerprint density at radius 3 is 2.46 bits per heavy atom. The van der Waals surface area contributed by atoms with Crippen LogP contribution in [0.3, 0.4) is 0 Å². The quantitative estimate of drug-likeness (QED) is 0.638. The van der Waals surface area contributed by atoms with Gasteiger partial charge in [0.2, 0.25) is 0 Å². The molecule has 0 atom stereocenters. The van der Waals surface area contributed by atoms with Gasteiger partial charge in [-0.15, -0.1) is 0 Å². The Kier molecular flexibility index (Phi) is 5.80. The van der Waals surface area contributed by atoms with Crippen LogP contribution in [0.2, 0.25) is 0 Å². The molecule has 7 heteroatoms. The summed E-state index contributed by atoms with van der Waals surface area (Å²) in [5.74, 6) is 0.798. The first-order valence-corrected chi connectivity index (χ1v) is 10.6. The summed E-state index contributed by atoms with van der Waals surface area (Å²) in [7, 11) is -3.64. The Morgan fingerprint density at radius 2 is 1.77 bits per heavy atom. The molecule has 0 aliphatic heterocycles. The summed E-state index contributed by atoms with van der Waals surface area (Å²) in [6.45, 7) is 4.13. The van der Waals surface area contributed by atoms with Gasteiger partial charge in [0.1, 0.15) is 5.82 Å². The molecule has 0 saturated carbocycles. The minimum absolute atomic E-state index is 0.0920. The summed E-state index contributed by atoms with van der Waals surface area (Å²) in [5, 5.41) is 0.0920. The van der Waals surface area contributed by atoms with Crippen LogP contribution in [-0.4, -0.2) is 18.4 Å². The van der Waals surface area contributed by atoms with Crippen molar-refractivity contribution in [3.63, 3.8) is 0 Å². The Hall–Kier alpha value is -2.09. The van der Waals surface area contributed by atoms with E-state index in [0.717, 1.165) is 15.4 Å². The number of nitrogens with one attached hydrogen (secondary N) is 2. The number of aromatic amines is 1. The molecule has 0 amide bonds. The SMILES string of the molecule is CC(C)c1ncc(S(=O)(=O)NCc2ccccc2Sc2ccccc2)[nH]1. The zero-order valence-electron chi connectivity index (χ0n) is 14.6. The van der Waals surface area contributed by atoms with E-state index >= 15 is 0 Å². The van der Waals surface area contributed by atoms with E-state index < -0.39 is 10.0 Å². The Balaban J connectivity index is 1.75. The molecule has 5 nitrogen and oxygen atoms in total. The first kappa shape index (κ1) is 18.7. The molecular weight excluding hydrogens is 366 g/mol. The van der Waals surface area contributed by atoms with Crippen LogP contribution < -0.4 is 4.72 Å². The van der Waals surface area contributed by atoms with Crippen LogP contribution in [0.4, 0.5) is 0 Å². The predicted octanol–water partition coefficient (Wildman–Crippen LogP) is 4.16. The van der Waals surface area contributed by atoms with Crippen molar-refractivity contribution < 1.29 is 8.42 Å². The van der Waals surface area contributed by atoms with Crippen LogP contribution in [0.15, 0.2) is 75.6 Å². The van der Waals surface area contributed by atoms with Gasteiger partial charge in [-0.3, -0.25) is 0 Å². The van der Waals surface area contributed by atoms with Crippen molar-refractivity contribution in [2.45, 2.75) is 41.1 Å². The third-order valence-corrected chi connectivity index (χ3v) is 6.24. The third kappa shape index (κ3) is 4.55. The topological polar surface area (TPSA) is 74.8 Å². The molecule has 0 saturated heterocycles. The summed E-state index contributed by atoms with van der Waals surface area (Å²) >= 11 is 1.61. The second-order valence-electron chi connectivity index (χ2n) is 6.13. The fourth-order valence-corrected chi connectivity index (χ4v) is 4.26. The van der Waals surface area contributed by atoms with E-state index in [4.69, 9.17) is 0 Å². The van der Waals surface area contributed by atoms with Crippen molar-refractivity contribution in [2.24, 2.45) is 0 Å². The molecule has 0 fully saturated rings. The van der Waals surface area contributed by atoms with E-state index in [9.17, 15) is 8.42 Å². The monoisotopic (exact) mass is 387 g/mol. The van der Waals surface area contributed by atoms with Crippen LogP contribution in [0.25, 0.3) is 0 Å². The minimum atomic E-state index is -3.64. The Bertz CT molecular complexity index is 967. The van der Waals surface area contributed by atoms with E-state index in [-0.39, 0.29) is 17.5 Å². The lowest BCUT2D eigenvalue weighted by molar-refractivity contribution is 0.577. The highest BCUT2D eigenvalue weighted by Crippen LogP contribution is 2.30. The van der Waals surface area contributed by atoms with Gasteiger partial charge in [-0.2, -0.15) is 0 Å². The van der Waals surface area contributed by atoms with E-state index in [0.29, 0.717) is 5.82 Å². The number of imidazole rings is 1. The van der Waals surface area contributed by atoms with Crippen molar-refractivity contribution in [2.75, 3.05) is 0 Å². The highest BCUT2D eigenvalue weighted by Gasteiger charge is 2.18.